The van der Waals surface area contributed by atoms with Crippen molar-refractivity contribution in [3.05, 3.63) is 30.2 Å². The minimum absolute atomic E-state index is 0.156. The van der Waals surface area contributed by atoms with Gasteiger partial charge in [0.15, 0.2) is 18.6 Å². The average molecular weight is 317 g/mol. The molecule has 2 heterocycles. The maximum atomic E-state index is 12.1. The van der Waals surface area contributed by atoms with Crippen LogP contribution in [0, 0.1) is 0 Å². The number of amides is 1. The third kappa shape index (κ3) is 3.50. The number of hydrogen-bond donors (Lipinski definition) is 0. The van der Waals surface area contributed by atoms with Crippen molar-refractivity contribution in [2.24, 2.45) is 0 Å². The molecule has 2 aromatic rings. The van der Waals surface area contributed by atoms with Crippen LogP contribution in [-0.2, 0) is 9.53 Å². The van der Waals surface area contributed by atoms with E-state index in [-0.39, 0.29) is 12.5 Å². The number of hydrogen-bond acceptors (Lipinski definition) is 6. The van der Waals surface area contributed by atoms with Crippen LogP contribution in [0.4, 0.5) is 0 Å². The SMILES string of the molecule is CCN1CCN(C(=O)COC(=O)c2ccc3ocnc3c2)CC1. The highest BCUT2D eigenvalue weighted by Crippen LogP contribution is 2.15. The van der Waals surface area contributed by atoms with Gasteiger partial charge < -0.3 is 19.0 Å². The molecule has 1 aliphatic heterocycles. The lowest BCUT2D eigenvalue weighted by Crippen LogP contribution is -2.49. The summed E-state index contributed by atoms with van der Waals surface area (Å²) in [4.78, 5) is 32.1. The van der Waals surface area contributed by atoms with Gasteiger partial charge in [-0.1, -0.05) is 6.92 Å². The molecule has 0 saturated carbocycles. The van der Waals surface area contributed by atoms with Gasteiger partial charge in [0.1, 0.15) is 5.52 Å². The van der Waals surface area contributed by atoms with Gasteiger partial charge in [0.25, 0.3) is 5.91 Å². The first-order valence-corrected chi connectivity index (χ1v) is 7.68. The summed E-state index contributed by atoms with van der Waals surface area (Å²) in [6, 6.07) is 4.84. The number of carbonyl (C=O) groups is 2. The van der Waals surface area contributed by atoms with Gasteiger partial charge in [0, 0.05) is 26.2 Å². The predicted octanol–water partition coefficient (Wildman–Crippen LogP) is 1.15. The molecule has 0 N–H and O–H groups in total. The van der Waals surface area contributed by atoms with E-state index in [0.29, 0.717) is 29.8 Å². The van der Waals surface area contributed by atoms with Crippen LogP contribution >= 0.6 is 0 Å². The molecule has 1 aliphatic rings. The molecule has 23 heavy (non-hydrogen) atoms. The van der Waals surface area contributed by atoms with Crippen LogP contribution in [0.1, 0.15) is 17.3 Å². The second-order valence-electron chi connectivity index (χ2n) is 5.43. The molecule has 1 aromatic carbocycles. The summed E-state index contributed by atoms with van der Waals surface area (Å²) in [5.74, 6) is -0.688. The molecule has 1 amide bonds. The van der Waals surface area contributed by atoms with E-state index < -0.39 is 5.97 Å². The van der Waals surface area contributed by atoms with Crippen LogP contribution in [0.15, 0.2) is 29.0 Å². The molecule has 0 spiro atoms. The van der Waals surface area contributed by atoms with E-state index in [9.17, 15) is 9.59 Å². The molecule has 7 nitrogen and oxygen atoms in total. The zero-order chi connectivity index (χ0) is 16.2. The highest BCUT2D eigenvalue weighted by atomic mass is 16.5. The third-order valence-corrected chi connectivity index (χ3v) is 4.07. The van der Waals surface area contributed by atoms with Crippen molar-refractivity contribution in [2.45, 2.75) is 6.92 Å². The Morgan fingerprint density at radius 1 is 1.26 bits per heavy atom. The fourth-order valence-electron chi connectivity index (χ4n) is 2.60. The van der Waals surface area contributed by atoms with Crippen LogP contribution < -0.4 is 0 Å². The Morgan fingerprint density at radius 2 is 2.04 bits per heavy atom. The molecular weight excluding hydrogens is 298 g/mol. The molecule has 0 atom stereocenters. The monoisotopic (exact) mass is 317 g/mol. The fraction of sp³-hybridized carbons (Fsp3) is 0.438. The van der Waals surface area contributed by atoms with Crippen LogP contribution in [0.25, 0.3) is 11.1 Å². The van der Waals surface area contributed by atoms with Gasteiger partial charge in [-0.25, -0.2) is 9.78 Å². The lowest BCUT2D eigenvalue weighted by atomic mass is 10.2. The highest BCUT2D eigenvalue weighted by molar-refractivity contribution is 5.94. The van der Waals surface area contributed by atoms with Gasteiger partial charge in [-0.3, -0.25) is 4.79 Å². The van der Waals surface area contributed by atoms with Gasteiger partial charge in [0.05, 0.1) is 5.56 Å². The number of ether oxygens (including phenoxy) is 1. The number of esters is 1. The van der Waals surface area contributed by atoms with Gasteiger partial charge in [-0.05, 0) is 24.7 Å². The second kappa shape index (κ2) is 6.78. The molecule has 7 heteroatoms. The number of benzene rings is 1. The summed E-state index contributed by atoms with van der Waals surface area (Å²) >= 11 is 0. The Bertz CT molecular complexity index is 704. The topological polar surface area (TPSA) is 75.9 Å². The van der Waals surface area contributed by atoms with Crippen molar-refractivity contribution in [1.29, 1.82) is 0 Å². The van der Waals surface area contributed by atoms with Crippen molar-refractivity contribution < 1.29 is 18.7 Å². The van der Waals surface area contributed by atoms with Crippen LogP contribution in [0.2, 0.25) is 0 Å². The Morgan fingerprint density at radius 3 is 2.78 bits per heavy atom. The van der Waals surface area contributed by atoms with E-state index in [4.69, 9.17) is 9.15 Å². The van der Waals surface area contributed by atoms with E-state index in [1.165, 1.54) is 6.39 Å². The predicted molar refractivity (Wildman–Crippen MR) is 83.0 cm³/mol. The first-order chi connectivity index (χ1) is 11.2. The lowest BCUT2D eigenvalue weighted by Gasteiger charge is -2.33. The normalized spacial score (nSPS) is 15.8. The Labute approximate surface area is 133 Å². The molecule has 0 radical (unpaired) electrons. The highest BCUT2D eigenvalue weighted by Gasteiger charge is 2.21. The maximum Gasteiger partial charge on any atom is 0.338 e. The second-order valence-corrected chi connectivity index (χ2v) is 5.43. The van der Waals surface area contributed by atoms with E-state index in [1.54, 1.807) is 23.1 Å². The molecule has 1 saturated heterocycles. The van der Waals surface area contributed by atoms with Crippen LogP contribution in [-0.4, -0.2) is 66.0 Å². The number of rotatable bonds is 4. The van der Waals surface area contributed by atoms with Crippen LogP contribution in [0.3, 0.4) is 0 Å². The first-order valence-electron chi connectivity index (χ1n) is 7.68. The summed E-state index contributed by atoms with van der Waals surface area (Å²) in [6.45, 7) is 5.93. The molecule has 0 bridgehead atoms. The number of piperazine rings is 1. The maximum absolute atomic E-state index is 12.1. The minimum Gasteiger partial charge on any atom is -0.452 e. The summed E-state index contributed by atoms with van der Waals surface area (Å²) in [7, 11) is 0. The van der Waals surface area contributed by atoms with Crippen molar-refractivity contribution in [2.75, 3.05) is 39.3 Å². The third-order valence-electron chi connectivity index (χ3n) is 4.07. The Hall–Kier alpha value is -2.41. The van der Waals surface area contributed by atoms with E-state index in [0.717, 1.165) is 19.6 Å². The van der Waals surface area contributed by atoms with Crippen molar-refractivity contribution >= 4 is 23.0 Å². The Kier molecular flexibility index (Phi) is 4.57. The quantitative estimate of drug-likeness (QED) is 0.787. The van der Waals surface area contributed by atoms with Gasteiger partial charge in [0.2, 0.25) is 0 Å². The molecular formula is C16H19N3O4. The number of nitrogens with zero attached hydrogens (tertiary/aromatic N) is 3. The summed E-state index contributed by atoms with van der Waals surface area (Å²) < 4.78 is 10.2. The number of oxazole rings is 1. The Balaban J connectivity index is 1.53. The van der Waals surface area contributed by atoms with Gasteiger partial charge in [-0.15, -0.1) is 0 Å². The molecule has 122 valence electrons. The lowest BCUT2D eigenvalue weighted by molar-refractivity contribution is -0.136. The van der Waals surface area contributed by atoms with E-state index >= 15 is 0 Å². The van der Waals surface area contributed by atoms with E-state index in [2.05, 4.69) is 16.8 Å². The standard InChI is InChI=1S/C16H19N3O4/c1-2-18-5-7-19(8-6-18)15(20)10-22-16(21)12-3-4-14-13(9-12)17-11-23-14/h3-4,9,11H,2,5-8,10H2,1H3. The van der Waals surface area contributed by atoms with E-state index in [1.807, 2.05) is 0 Å². The number of fused-ring (bicyclic) bond motifs is 1. The zero-order valence-corrected chi connectivity index (χ0v) is 13.0. The fourth-order valence-corrected chi connectivity index (χ4v) is 2.60. The largest absolute Gasteiger partial charge is 0.452 e. The van der Waals surface area contributed by atoms with Gasteiger partial charge >= 0.3 is 5.97 Å². The number of likely N-dealkylation sites (N-methyl/N-ethyl adjacent to an activating group) is 1. The summed E-state index contributed by atoms with van der Waals surface area (Å²) in [5, 5.41) is 0. The van der Waals surface area contributed by atoms with Crippen molar-refractivity contribution in [3.8, 4) is 0 Å². The molecule has 1 fully saturated rings. The van der Waals surface area contributed by atoms with Crippen molar-refractivity contribution in [3.63, 3.8) is 0 Å². The molecule has 1 aromatic heterocycles. The van der Waals surface area contributed by atoms with Crippen molar-refractivity contribution in [1.82, 2.24) is 14.8 Å². The summed E-state index contributed by atoms with van der Waals surface area (Å²) in [6.07, 6.45) is 1.32. The van der Waals surface area contributed by atoms with Gasteiger partial charge in [-0.2, -0.15) is 0 Å². The first kappa shape index (κ1) is 15.5. The molecule has 3 rings (SSSR count). The summed E-state index contributed by atoms with van der Waals surface area (Å²) in [5.41, 5.74) is 1.54. The van der Waals surface area contributed by atoms with Crippen LogP contribution in [0.5, 0.6) is 0 Å². The minimum atomic E-state index is -0.532. The smallest absolute Gasteiger partial charge is 0.338 e. The molecule has 0 unspecified atom stereocenters. The molecule has 0 aliphatic carbocycles. The number of carbonyl (C=O) groups excluding carboxylic acids is 2. The zero-order valence-electron chi connectivity index (χ0n) is 13.0. The average Bonchev–Trinajstić information content (AvgIpc) is 3.07. The number of aromatic nitrogens is 1.